The fraction of sp³-hybridized carbons (Fsp3) is 0.0588. The van der Waals surface area contributed by atoms with Crippen molar-refractivity contribution >= 4 is 34.7 Å². The summed E-state index contributed by atoms with van der Waals surface area (Å²) in [7, 11) is 0. The van der Waals surface area contributed by atoms with Gasteiger partial charge in [-0.15, -0.1) is 0 Å². The summed E-state index contributed by atoms with van der Waals surface area (Å²) in [5, 5.41) is 10.2. The van der Waals surface area contributed by atoms with E-state index in [1.54, 1.807) is 0 Å². The SMILES string of the molecule is O=C1S/C(=C/c2ccc([N+](=O)[O-])cc2)C(=O)N1Cc1ccc(F)cc1. The van der Waals surface area contributed by atoms with E-state index < -0.39 is 21.9 Å². The molecule has 2 aromatic rings. The van der Waals surface area contributed by atoms with Crippen molar-refractivity contribution in [1.82, 2.24) is 4.90 Å². The van der Waals surface area contributed by atoms with Crippen molar-refractivity contribution < 1.29 is 18.9 Å². The van der Waals surface area contributed by atoms with Crippen molar-refractivity contribution in [1.29, 1.82) is 0 Å². The summed E-state index contributed by atoms with van der Waals surface area (Å²) in [6, 6.07) is 11.2. The Morgan fingerprint density at radius 2 is 1.72 bits per heavy atom. The van der Waals surface area contributed by atoms with Crippen molar-refractivity contribution in [3.8, 4) is 0 Å². The molecule has 0 aliphatic carbocycles. The molecule has 25 heavy (non-hydrogen) atoms. The highest BCUT2D eigenvalue weighted by Gasteiger charge is 2.34. The number of halogens is 1. The van der Waals surface area contributed by atoms with E-state index in [4.69, 9.17) is 0 Å². The maximum Gasteiger partial charge on any atom is 0.293 e. The van der Waals surface area contributed by atoms with Crippen LogP contribution in [0.5, 0.6) is 0 Å². The zero-order valence-electron chi connectivity index (χ0n) is 12.7. The molecule has 1 aliphatic heterocycles. The molecular weight excluding hydrogens is 347 g/mol. The zero-order chi connectivity index (χ0) is 18.0. The van der Waals surface area contributed by atoms with E-state index in [0.717, 1.165) is 16.7 Å². The van der Waals surface area contributed by atoms with E-state index in [9.17, 15) is 24.1 Å². The smallest absolute Gasteiger partial charge is 0.268 e. The summed E-state index contributed by atoms with van der Waals surface area (Å²) in [4.78, 5) is 35.9. The quantitative estimate of drug-likeness (QED) is 0.469. The molecule has 0 saturated carbocycles. The predicted octanol–water partition coefficient (Wildman–Crippen LogP) is 3.97. The number of thioether (sulfide) groups is 1. The van der Waals surface area contributed by atoms with E-state index in [1.807, 2.05) is 0 Å². The van der Waals surface area contributed by atoms with Gasteiger partial charge in [0.1, 0.15) is 5.82 Å². The molecule has 126 valence electrons. The molecule has 0 spiro atoms. The minimum absolute atomic E-state index is 0.0541. The van der Waals surface area contributed by atoms with Crippen LogP contribution >= 0.6 is 11.8 Å². The number of non-ortho nitro benzene ring substituents is 1. The second-order valence-electron chi connectivity index (χ2n) is 5.24. The van der Waals surface area contributed by atoms with Crippen LogP contribution in [-0.4, -0.2) is 21.0 Å². The van der Waals surface area contributed by atoms with Crippen LogP contribution in [0, 0.1) is 15.9 Å². The number of hydrogen-bond donors (Lipinski definition) is 0. The number of nitrogens with zero attached hydrogens (tertiary/aromatic N) is 2. The molecule has 0 radical (unpaired) electrons. The van der Waals surface area contributed by atoms with E-state index in [1.165, 1.54) is 54.6 Å². The molecule has 0 aromatic heterocycles. The van der Waals surface area contributed by atoms with E-state index in [-0.39, 0.29) is 17.1 Å². The van der Waals surface area contributed by atoms with Gasteiger partial charge in [0.2, 0.25) is 0 Å². The van der Waals surface area contributed by atoms with Crippen molar-refractivity contribution in [3.63, 3.8) is 0 Å². The second kappa shape index (κ2) is 6.86. The zero-order valence-corrected chi connectivity index (χ0v) is 13.5. The molecule has 3 rings (SSSR count). The normalized spacial score (nSPS) is 15.9. The topological polar surface area (TPSA) is 80.5 Å². The van der Waals surface area contributed by atoms with Crippen molar-refractivity contribution in [2.24, 2.45) is 0 Å². The second-order valence-corrected chi connectivity index (χ2v) is 6.24. The van der Waals surface area contributed by atoms with Crippen LogP contribution < -0.4 is 0 Å². The molecular formula is C17H11FN2O4S. The summed E-state index contributed by atoms with van der Waals surface area (Å²) in [5.74, 6) is -0.839. The van der Waals surface area contributed by atoms with Crippen LogP contribution in [0.3, 0.4) is 0 Å². The number of carbonyl (C=O) groups excluding carboxylic acids is 2. The molecule has 2 amide bonds. The first kappa shape index (κ1) is 16.8. The van der Waals surface area contributed by atoms with Crippen molar-refractivity contribution in [2.75, 3.05) is 0 Å². The first-order chi connectivity index (χ1) is 11.9. The van der Waals surface area contributed by atoms with Gasteiger partial charge in [-0.2, -0.15) is 0 Å². The Hall–Kier alpha value is -3.00. The van der Waals surface area contributed by atoms with Crippen LogP contribution in [0.4, 0.5) is 14.9 Å². The van der Waals surface area contributed by atoms with Crippen LogP contribution in [-0.2, 0) is 11.3 Å². The molecule has 8 heteroatoms. The van der Waals surface area contributed by atoms with Gasteiger partial charge < -0.3 is 0 Å². The van der Waals surface area contributed by atoms with Gasteiger partial charge >= 0.3 is 0 Å². The number of carbonyl (C=O) groups is 2. The van der Waals surface area contributed by atoms with Gasteiger partial charge in [-0.1, -0.05) is 12.1 Å². The Kier molecular flexibility index (Phi) is 4.62. The summed E-state index contributed by atoms with van der Waals surface area (Å²) >= 11 is 0.800. The average molecular weight is 358 g/mol. The molecule has 0 atom stereocenters. The molecule has 6 nitrogen and oxygen atoms in total. The van der Waals surface area contributed by atoms with Gasteiger partial charge in [-0.25, -0.2) is 4.39 Å². The molecule has 1 heterocycles. The molecule has 1 fully saturated rings. The number of nitro benzene ring substituents is 1. The maximum atomic E-state index is 12.9. The van der Waals surface area contributed by atoms with Gasteiger partial charge in [-0.3, -0.25) is 24.6 Å². The van der Waals surface area contributed by atoms with Crippen LogP contribution in [0.2, 0.25) is 0 Å². The first-order valence-corrected chi connectivity index (χ1v) is 8.00. The standard InChI is InChI=1S/C17H11FN2O4S/c18-13-5-1-12(2-6-13)10-19-16(21)15(25-17(19)22)9-11-3-7-14(8-4-11)20(23)24/h1-9H,10H2/b15-9+. The van der Waals surface area contributed by atoms with E-state index >= 15 is 0 Å². The summed E-state index contributed by atoms with van der Waals surface area (Å²) in [6.07, 6.45) is 1.51. The fourth-order valence-electron chi connectivity index (χ4n) is 2.25. The fourth-order valence-corrected chi connectivity index (χ4v) is 3.09. The Morgan fingerprint density at radius 3 is 2.32 bits per heavy atom. The van der Waals surface area contributed by atoms with Crippen LogP contribution in [0.1, 0.15) is 11.1 Å². The predicted molar refractivity (Wildman–Crippen MR) is 91.0 cm³/mol. The summed E-state index contributed by atoms with van der Waals surface area (Å²) < 4.78 is 12.9. The van der Waals surface area contributed by atoms with E-state index in [0.29, 0.717) is 11.1 Å². The lowest BCUT2D eigenvalue weighted by Gasteiger charge is -2.12. The van der Waals surface area contributed by atoms with Gasteiger partial charge in [-0.05, 0) is 53.2 Å². The van der Waals surface area contributed by atoms with Crippen molar-refractivity contribution in [2.45, 2.75) is 6.54 Å². The number of imide groups is 1. The van der Waals surface area contributed by atoms with Gasteiger partial charge in [0.05, 0.1) is 16.4 Å². The number of hydrogen-bond acceptors (Lipinski definition) is 5. The minimum Gasteiger partial charge on any atom is -0.268 e. The number of rotatable bonds is 4. The lowest BCUT2D eigenvalue weighted by atomic mass is 10.2. The highest BCUT2D eigenvalue weighted by molar-refractivity contribution is 8.18. The molecule has 0 bridgehead atoms. The Morgan fingerprint density at radius 1 is 1.08 bits per heavy atom. The largest absolute Gasteiger partial charge is 0.293 e. The Bertz CT molecular complexity index is 879. The summed E-state index contributed by atoms with van der Waals surface area (Å²) in [5.41, 5.74) is 1.17. The lowest BCUT2D eigenvalue weighted by Crippen LogP contribution is -2.27. The monoisotopic (exact) mass is 358 g/mol. The van der Waals surface area contributed by atoms with Crippen molar-refractivity contribution in [3.05, 3.63) is 80.5 Å². The van der Waals surface area contributed by atoms with Gasteiger partial charge in [0, 0.05) is 12.1 Å². The molecule has 2 aromatic carbocycles. The summed E-state index contributed by atoms with van der Waals surface area (Å²) in [6.45, 7) is 0.0581. The third kappa shape index (κ3) is 3.74. The van der Waals surface area contributed by atoms with Crippen LogP contribution in [0.25, 0.3) is 6.08 Å². The van der Waals surface area contributed by atoms with Gasteiger partial charge in [0.15, 0.2) is 0 Å². The first-order valence-electron chi connectivity index (χ1n) is 7.18. The third-order valence-electron chi connectivity index (χ3n) is 3.53. The third-order valence-corrected chi connectivity index (χ3v) is 4.44. The Balaban J connectivity index is 1.78. The van der Waals surface area contributed by atoms with Crippen LogP contribution in [0.15, 0.2) is 53.4 Å². The lowest BCUT2D eigenvalue weighted by molar-refractivity contribution is -0.384. The number of benzene rings is 2. The van der Waals surface area contributed by atoms with E-state index in [2.05, 4.69) is 0 Å². The molecule has 1 aliphatic rings. The molecule has 1 saturated heterocycles. The highest BCUT2D eigenvalue weighted by Crippen LogP contribution is 2.33. The van der Waals surface area contributed by atoms with Gasteiger partial charge in [0.25, 0.3) is 16.8 Å². The Labute approximate surface area is 146 Å². The minimum atomic E-state index is -0.514. The maximum absolute atomic E-state index is 12.9. The molecule has 0 N–H and O–H groups in total. The number of nitro groups is 1. The average Bonchev–Trinajstić information content (AvgIpc) is 2.85. The molecule has 0 unspecified atom stereocenters. The highest BCUT2D eigenvalue weighted by atomic mass is 32.2. The number of amides is 2.